The third kappa shape index (κ3) is 4.85. The van der Waals surface area contributed by atoms with Crippen LogP contribution in [0, 0.1) is 12.8 Å². The first kappa shape index (κ1) is 19.8. The van der Waals surface area contributed by atoms with Crippen molar-refractivity contribution < 1.29 is 17.7 Å². The van der Waals surface area contributed by atoms with E-state index in [4.69, 9.17) is 9.26 Å². The average molecular weight is 394 g/mol. The summed E-state index contributed by atoms with van der Waals surface area (Å²) in [6, 6.07) is 5.30. The lowest BCUT2D eigenvalue weighted by Crippen LogP contribution is -2.40. The van der Waals surface area contributed by atoms with Crippen LogP contribution in [-0.2, 0) is 27.7 Å². The number of rotatable bonds is 7. The summed E-state index contributed by atoms with van der Waals surface area (Å²) in [5, 5.41) is 7.13. The van der Waals surface area contributed by atoms with Crippen molar-refractivity contribution in [2.45, 2.75) is 38.6 Å². The van der Waals surface area contributed by atoms with E-state index in [1.54, 1.807) is 19.1 Å². The Morgan fingerprint density at radius 1 is 1.26 bits per heavy atom. The van der Waals surface area contributed by atoms with Gasteiger partial charge in [0.05, 0.1) is 24.7 Å². The smallest absolute Gasteiger partial charge is 0.245 e. The molecule has 0 radical (unpaired) electrons. The zero-order valence-electron chi connectivity index (χ0n) is 15.9. The van der Waals surface area contributed by atoms with Crippen molar-refractivity contribution in [1.82, 2.24) is 14.4 Å². The van der Waals surface area contributed by atoms with E-state index in [2.05, 4.69) is 29.3 Å². The molecule has 1 saturated heterocycles. The second-order valence-corrected chi connectivity index (χ2v) is 8.96. The van der Waals surface area contributed by atoms with Gasteiger partial charge in [-0.2, -0.15) is 9.29 Å². The molecular weight excluding hydrogens is 368 g/mol. The number of nitrogens with one attached hydrogen (secondary N) is 1. The highest BCUT2D eigenvalue weighted by Crippen LogP contribution is 2.24. The molecule has 3 rings (SSSR count). The fourth-order valence-electron chi connectivity index (χ4n) is 2.90. The monoisotopic (exact) mass is 394 g/mol. The van der Waals surface area contributed by atoms with Crippen LogP contribution in [0.3, 0.4) is 0 Å². The molecule has 1 aromatic carbocycles. The van der Waals surface area contributed by atoms with Crippen LogP contribution in [0.4, 0.5) is 5.69 Å². The van der Waals surface area contributed by atoms with E-state index in [9.17, 15) is 8.42 Å². The van der Waals surface area contributed by atoms with Crippen molar-refractivity contribution in [3.05, 3.63) is 35.5 Å². The van der Waals surface area contributed by atoms with E-state index >= 15 is 0 Å². The van der Waals surface area contributed by atoms with E-state index in [0.29, 0.717) is 66.6 Å². The zero-order chi connectivity index (χ0) is 19.4. The largest absolute Gasteiger partial charge is 0.379 e. The molecule has 0 bridgehead atoms. The molecule has 0 aliphatic carbocycles. The Hall–Kier alpha value is -1.97. The van der Waals surface area contributed by atoms with Crippen molar-refractivity contribution in [2.24, 2.45) is 5.92 Å². The SMILES string of the molecule is Cc1ccc(NCc2nc(CC(C)C)no2)cc1S(=O)(=O)N1CCOCC1. The van der Waals surface area contributed by atoms with Crippen LogP contribution in [0.15, 0.2) is 27.6 Å². The number of ether oxygens (including phenoxy) is 1. The summed E-state index contributed by atoms with van der Waals surface area (Å²) in [5.74, 6) is 1.61. The number of sulfonamides is 1. The Balaban J connectivity index is 1.72. The van der Waals surface area contributed by atoms with Gasteiger partial charge in [0.15, 0.2) is 5.82 Å². The molecule has 0 saturated carbocycles. The molecule has 27 heavy (non-hydrogen) atoms. The summed E-state index contributed by atoms with van der Waals surface area (Å²) in [5.41, 5.74) is 1.40. The molecule has 148 valence electrons. The lowest BCUT2D eigenvalue weighted by Gasteiger charge is -2.26. The van der Waals surface area contributed by atoms with Gasteiger partial charge < -0.3 is 14.6 Å². The van der Waals surface area contributed by atoms with Gasteiger partial charge in [-0.3, -0.25) is 0 Å². The highest BCUT2D eigenvalue weighted by Gasteiger charge is 2.27. The molecule has 2 aromatic rings. The minimum absolute atomic E-state index is 0.306. The quantitative estimate of drug-likeness (QED) is 0.769. The van der Waals surface area contributed by atoms with Gasteiger partial charge in [0, 0.05) is 25.2 Å². The summed E-state index contributed by atoms with van der Waals surface area (Å²) < 4.78 is 37.9. The maximum Gasteiger partial charge on any atom is 0.245 e. The number of hydrogen-bond donors (Lipinski definition) is 1. The number of benzene rings is 1. The first-order chi connectivity index (χ1) is 12.9. The number of hydrogen-bond acceptors (Lipinski definition) is 7. The van der Waals surface area contributed by atoms with Gasteiger partial charge in [-0.1, -0.05) is 25.1 Å². The minimum atomic E-state index is -3.55. The third-order valence-electron chi connectivity index (χ3n) is 4.32. The van der Waals surface area contributed by atoms with Crippen molar-refractivity contribution in [1.29, 1.82) is 0 Å². The van der Waals surface area contributed by atoms with E-state index in [0.717, 1.165) is 6.42 Å². The molecule has 9 heteroatoms. The van der Waals surface area contributed by atoms with Crippen LogP contribution in [0.1, 0.15) is 31.1 Å². The van der Waals surface area contributed by atoms with E-state index < -0.39 is 10.0 Å². The summed E-state index contributed by atoms with van der Waals surface area (Å²) in [7, 11) is -3.55. The van der Waals surface area contributed by atoms with E-state index in [-0.39, 0.29) is 0 Å². The second-order valence-electron chi connectivity index (χ2n) is 7.05. The van der Waals surface area contributed by atoms with E-state index in [1.165, 1.54) is 4.31 Å². The predicted molar refractivity (Wildman–Crippen MR) is 101 cm³/mol. The van der Waals surface area contributed by atoms with Crippen LogP contribution in [0.25, 0.3) is 0 Å². The first-order valence-electron chi connectivity index (χ1n) is 9.10. The molecular formula is C18H26N4O4S. The number of aryl methyl sites for hydroxylation is 1. The summed E-state index contributed by atoms with van der Waals surface area (Å²) in [4.78, 5) is 4.65. The molecule has 0 spiro atoms. The minimum Gasteiger partial charge on any atom is -0.379 e. The number of nitrogens with zero attached hydrogens (tertiary/aromatic N) is 3. The topological polar surface area (TPSA) is 97.6 Å². The van der Waals surface area contributed by atoms with Gasteiger partial charge in [-0.05, 0) is 30.5 Å². The van der Waals surface area contributed by atoms with Crippen LogP contribution in [0.2, 0.25) is 0 Å². The first-order valence-corrected chi connectivity index (χ1v) is 10.5. The van der Waals surface area contributed by atoms with Crippen molar-refractivity contribution in [3.8, 4) is 0 Å². The number of aromatic nitrogens is 2. The Kier molecular flexibility index (Phi) is 6.13. The maximum atomic E-state index is 12.9. The summed E-state index contributed by atoms with van der Waals surface area (Å²) in [6.07, 6.45) is 0.760. The Labute approximate surface area is 160 Å². The second kappa shape index (κ2) is 8.37. The molecule has 1 aliphatic rings. The van der Waals surface area contributed by atoms with Crippen LogP contribution >= 0.6 is 0 Å². The van der Waals surface area contributed by atoms with Crippen molar-refractivity contribution in [3.63, 3.8) is 0 Å². The molecule has 8 nitrogen and oxygen atoms in total. The molecule has 0 atom stereocenters. The fourth-order valence-corrected chi connectivity index (χ4v) is 4.56. The maximum absolute atomic E-state index is 12.9. The van der Waals surface area contributed by atoms with Crippen molar-refractivity contribution in [2.75, 3.05) is 31.6 Å². The Morgan fingerprint density at radius 2 is 2.00 bits per heavy atom. The molecule has 2 heterocycles. The van der Waals surface area contributed by atoms with E-state index in [1.807, 2.05) is 6.07 Å². The van der Waals surface area contributed by atoms with Crippen LogP contribution in [0.5, 0.6) is 0 Å². The van der Waals surface area contributed by atoms with Gasteiger partial charge in [0.2, 0.25) is 15.9 Å². The normalized spacial score (nSPS) is 16.0. The summed E-state index contributed by atoms with van der Waals surface area (Å²) in [6.45, 7) is 7.92. The van der Waals surface area contributed by atoms with Gasteiger partial charge in [-0.15, -0.1) is 0 Å². The highest BCUT2D eigenvalue weighted by atomic mass is 32.2. The number of anilines is 1. The van der Waals surface area contributed by atoms with Crippen LogP contribution in [-0.4, -0.2) is 49.2 Å². The third-order valence-corrected chi connectivity index (χ3v) is 6.36. The van der Waals surface area contributed by atoms with Gasteiger partial charge in [-0.25, -0.2) is 8.42 Å². The Bertz CT molecular complexity index is 873. The lowest BCUT2D eigenvalue weighted by atomic mass is 10.1. The van der Waals surface area contributed by atoms with Gasteiger partial charge in [0.1, 0.15) is 0 Å². The lowest BCUT2D eigenvalue weighted by molar-refractivity contribution is 0.0730. The van der Waals surface area contributed by atoms with Crippen LogP contribution < -0.4 is 5.32 Å². The number of morpholine rings is 1. The predicted octanol–water partition coefficient (Wildman–Crippen LogP) is 2.21. The summed E-state index contributed by atoms with van der Waals surface area (Å²) >= 11 is 0. The molecule has 1 aromatic heterocycles. The molecule has 1 N–H and O–H groups in total. The fraction of sp³-hybridized carbons (Fsp3) is 0.556. The zero-order valence-corrected chi connectivity index (χ0v) is 16.8. The molecule has 1 fully saturated rings. The van der Waals surface area contributed by atoms with Crippen molar-refractivity contribution >= 4 is 15.7 Å². The highest BCUT2D eigenvalue weighted by molar-refractivity contribution is 7.89. The molecule has 0 amide bonds. The average Bonchev–Trinajstić information content (AvgIpc) is 3.08. The van der Waals surface area contributed by atoms with Gasteiger partial charge >= 0.3 is 0 Å². The molecule has 0 unspecified atom stereocenters. The standard InChI is InChI=1S/C18H26N4O4S/c1-13(2)10-17-20-18(26-21-17)12-19-15-5-4-14(3)16(11-15)27(23,24)22-6-8-25-9-7-22/h4-5,11,13,19H,6-10,12H2,1-3H3. The molecule has 1 aliphatic heterocycles. The Morgan fingerprint density at radius 3 is 2.70 bits per heavy atom. The van der Waals surface area contributed by atoms with Gasteiger partial charge in [0.25, 0.3) is 0 Å².